The first-order valence-electron chi connectivity index (χ1n) is 7.18. The summed E-state index contributed by atoms with van der Waals surface area (Å²) >= 11 is 0. The average molecular weight is 242 g/mol. The molecule has 1 fully saturated rings. The summed E-state index contributed by atoms with van der Waals surface area (Å²) in [6.07, 6.45) is 5.51. The highest BCUT2D eigenvalue weighted by Crippen LogP contribution is 2.12. The van der Waals surface area contributed by atoms with Gasteiger partial charge >= 0.3 is 0 Å². The van der Waals surface area contributed by atoms with Crippen molar-refractivity contribution in [3.63, 3.8) is 0 Å². The van der Waals surface area contributed by atoms with Crippen molar-refractivity contribution >= 4 is 0 Å². The Kier molecular flexibility index (Phi) is 7.09. The van der Waals surface area contributed by atoms with Crippen LogP contribution in [0.3, 0.4) is 0 Å². The Balaban J connectivity index is 2.18. The molecular weight excluding hydrogens is 212 g/mol. The topological polar surface area (TPSA) is 24.5 Å². The Morgan fingerprint density at radius 2 is 1.94 bits per heavy atom. The van der Waals surface area contributed by atoms with Crippen molar-refractivity contribution in [1.82, 2.24) is 10.2 Å². The third-order valence-electron chi connectivity index (χ3n) is 3.99. The van der Waals surface area contributed by atoms with Crippen LogP contribution in [0.2, 0.25) is 0 Å². The molecule has 102 valence electrons. The minimum Gasteiger partial charge on any atom is -0.380 e. The van der Waals surface area contributed by atoms with Gasteiger partial charge in [0.15, 0.2) is 0 Å². The van der Waals surface area contributed by atoms with Gasteiger partial charge in [0.05, 0.1) is 6.10 Å². The fraction of sp³-hybridized carbons (Fsp3) is 1.00. The number of nitrogens with one attached hydrogen (secondary N) is 1. The standard InChI is InChI=1S/C14H30N2O/c1-5-6-9-16-10-7-14(8-11-16)15-12(2)13(3)17-4/h12-15H,5-11H2,1-4H3. The molecule has 1 heterocycles. The minimum atomic E-state index is 0.299. The van der Waals surface area contributed by atoms with Crippen LogP contribution in [0.15, 0.2) is 0 Å². The summed E-state index contributed by atoms with van der Waals surface area (Å²) in [6, 6.07) is 1.13. The average Bonchev–Trinajstić information content (AvgIpc) is 2.37. The maximum Gasteiger partial charge on any atom is 0.0693 e. The number of hydrogen-bond donors (Lipinski definition) is 1. The smallest absolute Gasteiger partial charge is 0.0693 e. The summed E-state index contributed by atoms with van der Waals surface area (Å²) in [6.45, 7) is 10.4. The van der Waals surface area contributed by atoms with Gasteiger partial charge in [-0.05, 0) is 52.7 Å². The van der Waals surface area contributed by atoms with E-state index < -0.39 is 0 Å². The number of piperidine rings is 1. The lowest BCUT2D eigenvalue weighted by molar-refractivity contribution is 0.0782. The number of methoxy groups -OCH3 is 1. The molecule has 0 aliphatic carbocycles. The predicted molar refractivity (Wildman–Crippen MR) is 73.4 cm³/mol. The van der Waals surface area contributed by atoms with Gasteiger partial charge in [-0.2, -0.15) is 0 Å². The van der Waals surface area contributed by atoms with Gasteiger partial charge < -0.3 is 15.0 Å². The lowest BCUT2D eigenvalue weighted by Gasteiger charge is -2.34. The van der Waals surface area contributed by atoms with Crippen LogP contribution in [0.5, 0.6) is 0 Å². The molecule has 0 radical (unpaired) electrons. The molecule has 1 N–H and O–H groups in total. The molecule has 0 aromatic carbocycles. The molecule has 1 rings (SSSR count). The molecule has 3 nitrogen and oxygen atoms in total. The summed E-state index contributed by atoms with van der Waals surface area (Å²) < 4.78 is 5.35. The van der Waals surface area contributed by atoms with Crippen LogP contribution in [0.25, 0.3) is 0 Å². The van der Waals surface area contributed by atoms with Gasteiger partial charge in [0.2, 0.25) is 0 Å². The third-order valence-corrected chi connectivity index (χ3v) is 3.99. The van der Waals surface area contributed by atoms with Crippen LogP contribution >= 0.6 is 0 Å². The minimum absolute atomic E-state index is 0.299. The van der Waals surface area contributed by atoms with Crippen LogP contribution in [0.1, 0.15) is 46.5 Å². The van der Waals surface area contributed by atoms with E-state index in [-0.39, 0.29) is 0 Å². The fourth-order valence-electron chi connectivity index (χ4n) is 2.42. The summed E-state index contributed by atoms with van der Waals surface area (Å²) in [4.78, 5) is 2.60. The molecule has 2 unspecified atom stereocenters. The molecule has 0 saturated carbocycles. The Morgan fingerprint density at radius 1 is 1.29 bits per heavy atom. The molecule has 1 aliphatic rings. The second-order valence-corrected chi connectivity index (χ2v) is 5.37. The van der Waals surface area contributed by atoms with Crippen molar-refractivity contribution in [2.75, 3.05) is 26.7 Å². The molecule has 0 aromatic rings. The van der Waals surface area contributed by atoms with E-state index in [9.17, 15) is 0 Å². The van der Waals surface area contributed by atoms with E-state index in [1.165, 1.54) is 45.3 Å². The van der Waals surface area contributed by atoms with E-state index in [2.05, 4.69) is 31.0 Å². The van der Waals surface area contributed by atoms with Crippen LogP contribution in [0.4, 0.5) is 0 Å². The lowest BCUT2D eigenvalue weighted by atomic mass is 10.0. The molecule has 0 amide bonds. The van der Waals surface area contributed by atoms with Gasteiger partial charge in [-0.15, -0.1) is 0 Å². The molecule has 17 heavy (non-hydrogen) atoms. The first-order valence-corrected chi connectivity index (χ1v) is 7.18. The zero-order valence-electron chi connectivity index (χ0n) is 12.0. The summed E-state index contributed by atoms with van der Waals surface area (Å²) in [5, 5.41) is 3.69. The van der Waals surface area contributed by atoms with Gasteiger partial charge in [-0.3, -0.25) is 0 Å². The van der Waals surface area contributed by atoms with E-state index in [4.69, 9.17) is 4.74 Å². The number of ether oxygens (including phenoxy) is 1. The number of hydrogen-bond acceptors (Lipinski definition) is 3. The van der Waals surface area contributed by atoms with Gasteiger partial charge in [0.1, 0.15) is 0 Å². The summed E-state index contributed by atoms with van der Waals surface area (Å²) in [5.74, 6) is 0. The first-order chi connectivity index (χ1) is 8.17. The van der Waals surface area contributed by atoms with Crippen LogP contribution in [0, 0.1) is 0 Å². The monoisotopic (exact) mass is 242 g/mol. The van der Waals surface area contributed by atoms with Crippen molar-refractivity contribution in [2.45, 2.75) is 64.6 Å². The van der Waals surface area contributed by atoms with Crippen LogP contribution in [-0.2, 0) is 4.74 Å². The van der Waals surface area contributed by atoms with Crippen molar-refractivity contribution in [3.8, 4) is 0 Å². The normalized spacial score (nSPS) is 22.6. The molecule has 1 saturated heterocycles. The zero-order chi connectivity index (χ0) is 12.7. The van der Waals surface area contributed by atoms with Crippen LogP contribution in [-0.4, -0.2) is 49.8 Å². The molecule has 3 heteroatoms. The number of nitrogens with zero attached hydrogens (tertiary/aromatic N) is 1. The number of unbranched alkanes of at least 4 members (excludes halogenated alkanes) is 1. The molecular formula is C14H30N2O. The maximum absolute atomic E-state index is 5.35. The molecule has 0 aromatic heterocycles. The van der Waals surface area contributed by atoms with Crippen LogP contribution < -0.4 is 5.32 Å². The highest BCUT2D eigenvalue weighted by Gasteiger charge is 2.21. The van der Waals surface area contributed by atoms with E-state index in [0.29, 0.717) is 18.2 Å². The number of likely N-dealkylation sites (tertiary alicyclic amines) is 1. The lowest BCUT2D eigenvalue weighted by Crippen LogP contribution is -2.48. The summed E-state index contributed by atoms with van der Waals surface area (Å²) in [5.41, 5.74) is 0. The Labute approximate surface area is 107 Å². The highest BCUT2D eigenvalue weighted by atomic mass is 16.5. The molecule has 0 bridgehead atoms. The van der Waals surface area contributed by atoms with Gasteiger partial charge in [0.25, 0.3) is 0 Å². The highest BCUT2D eigenvalue weighted by molar-refractivity contribution is 4.81. The van der Waals surface area contributed by atoms with Crippen molar-refractivity contribution in [2.24, 2.45) is 0 Å². The Hall–Kier alpha value is -0.120. The second kappa shape index (κ2) is 8.06. The van der Waals surface area contributed by atoms with Gasteiger partial charge in [0, 0.05) is 19.2 Å². The van der Waals surface area contributed by atoms with E-state index in [0.717, 1.165) is 0 Å². The van der Waals surface area contributed by atoms with Crippen molar-refractivity contribution < 1.29 is 4.74 Å². The van der Waals surface area contributed by atoms with E-state index in [1.807, 2.05) is 0 Å². The second-order valence-electron chi connectivity index (χ2n) is 5.37. The fourth-order valence-corrected chi connectivity index (χ4v) is 2.42. The molecule has 2 atom stereocenters. The zero-order valence-corrected chi connectivity index (χ0v) is 12.0. The van der Waals surface area contributed by atoms with Crippen molar-refractivity contribution in [1.29, 1.82) is 0 Å². The Morgan fingerprint density at radius 3 is 2.47 bits per heavy atom. The largest absolute Gasteiger partial charge is 0.380 e. The third kappa shape index (κ3) is 5.36. The Bertz CT molecular complexity index is 191. The predicted octanol–water partition coefficient (Wildman–Crippen LogP) is 2.26. The van der Waals surface area contributed by atoms with E-state index in [1.54, 1.807) is 7.11 Å². The molecule has 1 aliphatic heterocycles. The SMILES string of the molecule is CCCCN1CCC(NC(C)C(C)OC)CC1. The van der Waals surface area contributed by atoms with Crippen molar-refractivity contribution in [3.05, 3.63) is 0 Å². The first kappa shape index (κ1) is 14.9. The summed E-state index contributed by atoms with van der Waals surface area (Å²) in [7, 11) is 1.79. The van der Waals surface area contributed by atoms with E-state index >= 15 is 0 Å². The molecule has 0 spiro atoms. The quantitative estimate of drug-likeness (QED) is 0.741. The maximum atomic E-state index is 5.35. The number of rotatable bonds is 7. The van der Waals surface area contributed by atoms with Gasteiger partial charge in [-0.25, -0.2) is 0 Å². The van der Waals surface area contributed by atoms with Gasteiger partial charge in [-0.1, -0.05) is 13.3 Å².